The van der Waals surface area contributed by atoms with Gasteiger partial charge in [-0.3, -0.25) is 9.97 Å². The molecule has 7 heteroatoms. The number of nitrogen functional groups attached to an aromatic ring is 1. The average Bonchev–Trinajstić information content (AvgIpc) is 2.73. The van der Waals surface area contributed by atoms with Gasteiger partial charge in [0.15, 0.2) is 0 Å². The third-order valence-corrected chi connectivity index (χ3v) is 4.36. The maximum atomic E-state index is 8.97. The van der Waals surface area contributed by atoms with Crippen LogP contribution in [0.3, 0.4) is 0 Å². The van der Waals surface area contributed by atoms with Crippen molar-refractivity contribution in [1.82, 2.24) is 19.9 Å². The molecule has 0 aliphatic heterocycles. The van der Waals surface area contributed by atoms with E-state index in [0.717, 1.165) is 27.7 Å². The van der Waals surface area contributed by atoms with E-state index in [2.05, 4.69) is 19.9 Å². The van der Waals surface area contributed by atoms with Gasteiger partial charge < -0.3 is 10.5 Å². The predicted molar refractivity (Wildman–Crippen MR) is 105 cm³/mol. The van der Waals surface area contributed by atoms with Crippen molar-refractivity contribution in [3.63, 3.8) is 0 Å². The fraction of sp³-hybridized carbons (Fsp3) is 0.0952. The van der Waals surface area contributed by atoms with Gasteiger partial charge in [-0.2, -0.15) is 10.2 Å². The first-order valence-electron chi connectivity index (χ1n) is 8.65. The van der Waals surface area contributed by atoms with Crippen LogP contribution >= 0.6 is 0 Å². The van der Waals surface area contributed by atoms with Gasteiger partial charge in [0.05, 0.1) is 17.4 Å². The van der Waals surface area contributed by atoms with Gasteiger partial charge in [-0.1, -0.05) is 24.3 Å². The largest absolute Gasteiger partial charge is 0.455 e. The number of nitrogens with zero attached hydrogens (tertiary/aromatic N) is 5. The number of para-hydroxylation sites is 1. The summed E-state index contributed by atoms with van der Waals surface area (Å²) in [6, 6.07) is 15.7. The molecule has 28 heavy (non-hydrogen) atoms. The Morgan fingerprint density at radius 3 is 2.61 bits per heavy atom. The smallest absolute Gasteiger partial charge is 0.318 e. The van der Waals surface area contributed by atoms with E-state index in [0.29, 0.717) is 0 Å². The maximum Gasteiger partial charge on any atom is 0.318 e. The fourth-order valence-electron chi connectivity index (χ4n) is 3.00. The molecule has 136 valence electrons. The van der Waals surface area contributed by atoms with Crippen molar-refractivity contribution in [3.8, 4) is 23.3 Å². The summed E-state index contributed by atoms with van der Waals surface area (Å²) in [4.78, 5) is 17.2. The van der Waals surface area contributed by atoms with E-state index in [1.807, 2.05) is 55.5 Å². The summed E-state index contributed by atoms with van der Waals surface area (Å²) in [6.45, 7) is 1.88. The number of benzene rings is 1. The van der Waals surface area contributed by atoms with Crippen molar-refractivity contribution < 1.29 is 4.74 Å². The zero-order valence-electron chi connectivity index (χ0n) is 15.1. The SMILES string of the molecule is C[C@H](Oc1ncc(C#N)c(N)n1)c1cnc2ccccc2c1-c1ccccn1. The zero-order valence-corrected chi connectivity index (χ0v) is 15.1. The minimum absolute atomic E-state index is 0.0845. The minimum Gasteiger partial charge on any atom is -0.455 e. The molecule has 3 heterocycles. The molecule has 2 N–H and O–H groups in total. The Bertz CT molecular complexity index is 1190. The molecule has 4 rings (SSSR count). The number of pyridine rings is 2. The lowest BCUT2D eigenvalue weighted by molar-refractivity contribution is 0.208. The lowest BCUT2D eigenvalue weighted by atomic mass is 9.97. The van der Waals surface area contributed by atoms with Crippen molar-refractivity contribution >= 4 is 16.7 Å². The van der Waals surface area contributed by atoms with Crippen LogP contribution < -0.4 is 10.5 Å². The second kappa shape index (κ2) is 7.29. The molecule has 0 fully saturated rings. The first-order valence-corrected chi connectivity index (χ1v) is 8.65. The van der Waals surface area contributed by atoms with Gasteiger partial charge in [0.25, 0.3) is 0 Å². The average molecular weight is 368 g/mol. The predicted octanol–water partition coefficient (Wildman–Crippen LogP) is 3.68. The lowest BCUT2D eigenvalue weighted by Gasteiger charge is -2.18. The van der Waals surface area contributed by atoms with E-state index in [1.54, 1.807) is 12.4 Å². The molecule has 0 unspecified atom stereocenters. The third-order valence-electron chi connectivity index (χ3n) is 4.36. The van der Waals surface area contributed by atoms with Crippen LogP contribution in [0.4, 0.5) is 5.82 Å². The number of fused-ring (bicyclic) bond motifs is 1. The molecule has 7 nitrogen and oxygen atoms in total. The first-order chi connectivity index (χ1) is 13.7. The van der Waals surface area contributed by atoms with Crippen molar-refractivity contribution in [2.45, 2.75) is 13.0 Å². The van der Waals surface area contributed by atoms with Gasteiger partial charge in [-0.05, 0) is 25.1 Å². The molecule has 1 aromatic carbocycles. The van der Waals surface area contributed by atoms with Crippen LogP contribution in [-0.2, 0) is 0 Å². The second-order valence-corrected chi connectivity index (χ2v) is 6.14. The number of hydrogen-bond donors (Lipinski definition) is 1. The van der Waals surface area contributed by atoms with Gasteiger partial charge >= 0.3 is 6.01 Å². The number of anilines is 1. The molecule has 0 saturated carbocycles. The molecule has 0 bridgehead atoms. The van der Waals surface area contributed by atoms with E-state index >= 15 is 0 Å². The third kappa shape index (κ3) is 3.19. The summed E-state index contributed by atoms with van der Waals surface area (Å²) < 4.78 is 5.91. The van der Waals surface area contributed by atoms with E-state index in [1.165, 1.54) is 6.20 Å². The Kier molecular flexibility index (Phi) is 4.52. The Hall–Kier alpha value is -4.05. The Labute approximate surface area is 161 Å². The molecule has 4 aromatic rings. The van der Waals surface area contributed by atoms with Gasteiger partial charge in [0.1, 0.15) is 23.6 Å². The zero-order chi connectivity index (χ0) is 19.5. The van der Waals surface area contributed by atoms with Gasteiger partial charge in [-0.25, -0.2) is 4.98 Å². The molecule has 0 aliphatic rings. The highest BCUT2D eigenvalue weighted by molar-refractivity contribution is 5.95. The number of rotatable bonds is 4. The molecular weight excluding hydrogens is 352 g/mol. The van der Waals surface area contributed by atoms with Crippen LogP contribution in [-0.4, -0.2) is 19.9 Å². The van der Waals surface area contributed by atoms with Crippen LogP contribution in [0.2, 0.25) is 0 Å². The van der Waals surface area contributed by atoms with Crippen molar-refractivity contribution in [2.75, 3.05) is 5.73 Å². The molecule has 0 spiro atoms. The molecule has 0 radical (unpaired) electrons. The van der Waals surface area contributed by atoms with E-state index in [-0.39, 0.29) is 17.4 Å². The highest BCUT2D eigenvalue weighted by atomic mass is 16.5. The maximum absolute atomic E-state index is 8.97. The monoisotopic (exact) mass is 368 g/mol. The van der Waals surface area contributed by atoms with Crippen LogP contribution in [0, 0.1) is 11.3 Å². The molecule has 1 atom stereocenters. The van der Waals surface area contributed by atoms with E-state index < -0.39 is 6.10 Å². The lowest BCUT2D eigenvalue weighted by Crippen LogP contribution is -2.10. The Morgan fingerprint density at radius 2 is 1.86 bits per heavy atom. The fourth-order valence-corrected chi connectivity index (χ4v) is 3.00. The molecule has 0 saturated heterocycles. The van der Waals surface area contributed by atoms with E-state index in [9.17, 15) is 0 Å². The molecule has 0 aliphatic carbocycles. The normalized spacial score (nSPS) is 11.7. The highest BCUT2D eigenvalue weighted by Crippen LogP contribution is 2.34. The van der Waals surface area contributed by atoms with Gasteiger partial charge in [0.2, 0.25) is 0 Å². The summed E-state index contributed by atoms with van der Waals surface area (Å²) >= 11 is 0. The second-order valence-electron chi connectivity index (χ2n) is 6.14. The van der Waals surface area contributed by atoms with Gasteiger partial charge in [0, 0.05) is 28.9 Å². The van der Waals surface area contributed by atoms with Crippen molar-refractivity contribution in [2.24, 2.45) is 0 Å². The summed E-state index contributed by atoms with van der Waals surface area (Å²) in [5.41, 5.74) is 9.47. The number of ether oxygens (including phenoxy) is 1. The summed E-state index contributed by atoms with van der Waals surface area (Å²) in [7, 11) is 0. The summed E-state index contributed by atoms with van der Waals surface area (Å²) in [6.07, 6.45) is 4.47. The molecule has 3 aromatic heterocycles. The van der Waals surface area contributed by atoms with Gasteiger partial charge in [-0.15, -0.1) is 0 Å². The van der Waals surface area contributed by atoms with E-state index in [4.69, 9.17) is 15.7 Å². The molecule has 0 amide bonds. The van der Waals surface area contributed by atoms with Crippen LogP contribution in [0.25, 0.3) is 22.2 Å². The number of aromatic nitrogens is 4. The first kappa shape index (κ1) is 17.4. The standard InChI is InChI=1S/C21H16N6O/c1-13(28-21-26-11-14(10-22)20(23)27-21)16-12-25-17-7-3-2-6-15(17)19(16)18-8-4-5-9-24-18/h2-9,11-13H,1H3,(H2,23,26,27)/t13-/m0/s1. The quantitative estimate of drug-likeness (QED) is 0.585. The Morgan fingerprint density at radius 1 is 1.04 bits per heavy atom. The Balaban J connectivity index is 1.80. The van der Waals surface area contributed by atoms with Crippen LogP contribution in [0.5, 0.6) is 6.01 Å². The van der Waals surface area contributed by atoms with Crippen LogP contribution in [0.15, 0.2) is 61.1 Å². The highest BCUT2D eigenvalue weighted by Gasteiger charge is 2.19. The topological polar surface area (TPSA) is 111 Å². The number of hydrogen-bond acceptors (Lipinski definition) is 7. The number of nitriles is 1. The molecular formula is C21H16N6O. The summed E-state index contributed by atoms with van der Waals surface area (Å²) in [5, 5.41) is 9.95. The summed E-state index contributed by atoms with van der Waals surface area (Å²) in [5.74, 6) is 0.0845. The van der Waals surface area contributed by atoms with Crippen molar-refractivity contribution in [3.05, 3.63) is 72.2 Å². The number of nitrogens with two attached hydrogens (primary N) is 1. The minimum atomic E-state index is -0.415. The van der Waals surface area contributed by atoms with Crippen LogP contribution in [0.1, 0.15) is 24.2 Å². The van der Waals surface area contributed by atoms with Crippen molar-refractivity contribution in [1.29, 1.82) is 5.26 Å².